The van der Waals surface area contributed by atoms with Gasteiger partial charge >= 0.3 is 6.09 Å². The van der Waals surface area contributed by atoms with Crippen LogP contribution in [0.4, 0.5) is 4.79 Å². The van der Waals surface area contributed by atoms with Crippen LogP contribution in [0.2, 0.25) is 0 Å². The first kappa shape index (κ1) is 12.4. The van der Waals surface area contributed by atoms with Gasteiger partial charge in [0.15, 0.2) is 0 Å². The van der Waals surface area contributed by atoms with Gasteiger partial charge in [-0.25, -0.2) is 9.78 Å². The number of aromatic nitrogens is 1. The van der Waals surface area contributed by atoms with Crippen LogP contribution in [-0.2, 0) is 11.3 Å². The first-order valence-corrected chi connectivity index (χ1v) is 7.11. The molecule has 1 aliphatic rings. The highest BCUT2D eigenvalue weighted by molar-refractivity contribution is 7.18. The Morgan fingerprint density at radius 2 is 2.16 bits per heavy atom. The van der Waals surface area contributed by atoms with Crippen molar-refractivity contribution in [3.05, 3.63) is 29.3 Å². The van der Waals surface area contributed by atoms with Gasteiger partial charge in [-0.05, 0) is 12.1 Å². The molecule has 2 aromatic rings. The van der Waals surface area contributed by atoms with E-state index >= 15 is 0 Å². The fraction of sp³-hybridized carbons (Fsp3) is 0.385. The molecule has 1 aromatic heterocycles. The zero-order valence-electron chi connectivity index (χ0n) is 10.5. The monoisotopic (exact) mass is 277 g/mol. The van der Waals surface area contributed by atoms with Gasteiger partial charge < -0.3 is 15.0 Å². The molecule has 0 bridgehead atoms. The van der Waals surface area contributed by atoms with Crippen LogP contribution < -0.4 is 5.32 Å². The van der Waals surface area contributed by atoms with Gasteiger partial charge in [0.05, 0.1) is 10.2 Å². The number of para-hydroxylation sites is 1. The van der Waals surface area contributed by atoms with Gasteiger partial charge in [-0.1, -0.05) is 12.1 Å². The maximum absolute atomic E-state index is 11.8. The van der Waals surface area contributed by atoms with Gasteiger partial charge in [0.2, 0.25) is 0 Å². The number of hydrogen-bond donors (Lipinski definition) is 1. The molecule has 0 unspecified atom stereocenters. The summed E-state index contributed by atoms with van der Waals surface area (Å²) in [6, 6.07) is 7.93. The van der Waals surface area contributed by atoms with E-state index in [0.717, 1.165) is 28.3 Å². The van der Waals surface area contributed by atoms with Crippen molar-refractivity contribution in [1.82, 2.24) is 15.2 Å². The normalized spacial score (nSPS) is 15.7. The molecule has 6 heteroatoms. The van der Waals surface area contributed by atoms with E-state index in [1.165, 1.54) is 0 Å². The summed E-state index contributed by atoms with van der Waals surface area (Å²) in [6.07, 6.45) is -0.249. The molecule has 100 valence electrons. The quantitative estimate of drug-likeness (QED) is 0.910. The largest absolute Gasteiger partial charge is 0.442 e. The summed E-state index contributed by atoms with van der Waals surface area (Å²) in [6.45, 7) is 3.33. The highest BCUT2D eigenvalue weighted by atomic mass is 32.1. The van der Waals surface area contributed by atoms with Crippen LogP contribution in [0.15, 0.2) is 24.3 Å². The van der Waals surface area contributed by atoms with Crippen LogP contribution >= 0.6 is 11.3 Å². The van der Waals surface area contributed by atoms with Crippen LogP contribution in [0.5, 0.6) is 0 Å². The van der Waals surface area contributed by atoms with E-state index in [0.29, 0.717) is 13.1 Å². The summed E-state index contributed by atoms with van der Waals surface area (Å²) in [5.74, 6) is 0. The molecule has 1 saturated heterocycles. The van der Waals surface area contributed by atoms with Gasteiger partial charge in [0.25, 0.3) is 0 Å². The number of hydrogen-bond acceptors (Lipinski definition) is 5. The molecule has 0 aliphatic carbocycles. The van der Waals surface area contributed by atoms with Crippen molar-refractivity contribution in [2.45, 2.75) is 6.61 Å². The molecule has 1 aromatic carbocycles. The maximum atomic E-state index is 11.8. The Morgan fingerprint density at radius 1 is 1.37 bits per heavy atom. The van der Waals surface area contributed by atoms with Crippen LogP contribution in [-0.4, -0.2) is 42.2 Å². The third kappa shape index (κ3) is 2.85. The lowest BCUT2D eigenvalue weighted by Gasteiger charge is -2.26. The van der Waals surface area contributed by atoms with Crippen LogP contribution in [0.3, 0.4) is 0 Å². The Hall–Kier alpha value is -1.66. The molecule has 19 heavy (non-hydrogen) atoms. The summed E-state index contributed by atoms with van der Waals surface area (Å²) >= 11 is 1.57. The molecule has 0 spiro atoms. The van der Waals surface area contributed by atoms with Gasteiger partial charge in [-0.2, -0.15) is 0 Å². The van der Waals surface area contributed by atoms with E-state index in [4.69, 9.17) is 4.74 Å². The molecule has 2 heterocycles. The zero-order chi connectivity index (χ0) is 13.1. The van der Waals surface area contributed by atoms with E-state index in [9.17, 15) is 4.79 Å². The molecule has 0 saturated carbocycles. The fourth-order valence-corrected chi connectivity index (χ4v) is 2.92. The van der Waals surface area contributed by atoms with Crippen molar-refractivity contribution in [2.75, 3.05) is 26.2 Å². The molecular weight excluding hydrogens is 262 g/mol. The van der Waals surface area contributed by atoms with Crippen molar-refractivity contribution >= 4 is 27.6 Å². The van der Waals surface area contributed by atoms with Gasteiger partial charge in [0, 0.05) is 26.2 Å². The summed E-state index contributed by atoms with van der Waals surface area (Å²) in [5, 5.41) is 4.04. The lowest BCUT2D eigenvalue weighted by atomic mass is 10.3. The summed E-state index contributed by atoms with van der Waals surface area (Å²) in [7, 11) is 0. The minimum absolute atomic E-state index is 0.249. The summed E-state index contributed by atoms with van der Waals surface area (Å²) in [4.78, 5) is 18.0. The van der Waals surface area contributed by atoms with Crippen molar-refractivity contribution < 1.29 is 9.53 Å². The lowest BCUT2D eigenvalue weighted by molar-refractivity contribution is 0.0918. The molecule has 1 amide bonds. The second-order valence-corrected chi connectivity index (χ2v) is 5.48. The Balaban J connectivity index is 1.60. The highest BCUT2D eigenvalue weighted by Crippen LogP contribution is 2.22. The van der Waals surface area contributed by atoms with Crippen molar-refractivity contribution in [3.63, 3.8) is 0 Å². The number of ether oxygens (including phenoxy) is 1. The predicted octanol–water partition coefficient (Wildman–Crippen LogP) is 1.84. The second-order valence-electron chi connectivity index (χ2n) is 4.37. The highest BCUT2D eigenvalue weighted by Gasteiger charge is 2.17. The Bertz CT molecular complexity index is 545. The van der Waals surface area contributed by atoms with E-state index in [-0.39, 0.29) is 12.7 Å². The second kappa shape index (κ2) is 5.54. The fourth-order valence-electron chi connectivity index (χ4n) is 2.04. The van der Waals surface area contributed by atoms with Crippen molar-refractivity contribution in [1.29, 1.82) is 0 Å². The Labute approximate surface area is 115 Å². The minimum atomic E-state index is -0.249. The number of rotatable bonds is 2. The predicted molar refractivity (Wildman–Crippen MR) is 74.2 cm³/mol. The number of nitrogens with zero attached hydrogens (tertiary/aromatic N) is 2. The number of carbonyl (C=O) groups is 1. The van der Waals surface area contributed by atoms with E-state index in [1.807, 2.05) is 24.3 Å². The van der Waals surface area contributed by atoms with E-state index in [2.05, 4.69) is 10.3 Å². The average molecular weight is 277 g/mol. The van der Waals surface area contributed by atoms with E-state index in [1.54, 1.807) is 16.2 Å². The SMILES string of the molecule is O=C(OCc1nc2ccccc2s1)N1CCNCC1. The molecule has 3 rings (SSSR count). The third-order valence-electron chi connectivity index (χ3n) is 3.03. The number of carbonyl (C=O) groups excluding carboxylic acids is 1. The molecule has 0 radical (unpaired) electrons. The standard InChI is InChI=1S/C13H15N3O2S/c17-13(16-7-5-14-6-8-16)18-9-12-15-10-3-1-2-4-11(10)19-12/h1-4,14H,5-9H2. The number of amides is 1. The molecule has 1 fully saturated rings. The number of thiazole rings is 1. The topological polar surface area (TPSA) is 54.5 Å². The van der Waals surface area contributed by atoms with Crippen LogP contribution in [0.1, 0.15) is 5.01 Å². The average Bonchev–Trinajstić information content (AvgIpc) is 2.88. The molecule has 5 nitrogen and oxygen atoms in total. The number of fused-ring (bicyclic) bond motifs is 1. The molecule has 1 aliphatic heterocycles. The van der Waals surface area contributed by atoms with Gasteiger partial charge in [-0.3, -0.25) is 0 Å². The van der Waals surface area contributed by atoms with E-state index < -0.39 is 0 Å². The first-order chi connectivity index (χ1) is 9.33. The molecule has 1 N–H and O–H groups in total. The smallest absolute Gasteiger partial charge is 0.410 e. The van der Waals surface area contributed by atoms with Crippen LogP contribution in [0, 0.1) is 0 Å². The Kier molecular flexibility index (Phi) is 3.61. The third-order valence-corrected chi connectivity index (χ3v) is 4.04. The number of piperazine rings is 1. The zero-order valence-corrected chi connectivity index (χ0v) is 11.3. The number of nitrogens with one attached hydrogen (secondary N) is 1. The molecular formula is C13H15N3O2S. The first-order valence-electron chi connectivity index (χ1n) is 6.30. The van der Waals surface area contributed by atoms with Gasteiger partial charge in [0.1, 0.15) is 11.6 Å². The van der Waals surface area contributed by atoms with Crippen molar-refractivity contribution in [2.24, 2.45) is 0 Å². The maximum Gasteiger partial charge on any atom is 0.410 e. The summed E-state index contributed by atoms with van der Waals surface area (Å²) < 4.78 is 6.43. The van der Waals surface area contributed by atoms with Crippen molar-refractivity contribution in [3.8, 4) is 0 Å². The Morgan fingerprint density at radius 3 is 2.95 bits per heavy atom. The summed E-state index contributed by atoms with van der Waals surface area (Å²) in [5.41, 5.74) is 0.959. The lowest BCUT2D eigenvalue weighted by Crippen LogP contribution is -2.46. The van der Waals surface area contributed by atoms with Gasteiger partial charge in [-0.15, -0.1) is 11.3 Å². The minimum Gasteiger partial charge on any atom is -0.442 e. The molecule has 0 atom stereocenters. The van der Waals surface area contributed by atoms with Crippen LogP contribution in [0.25, 0.3) is 10.2 Å². The number of benzene rings is 1.